The normalized spacial score (nSPS) is 17.8. The molecule has 1 aromatic carbocycles. The number of rotatable bonds is 5. The number of nitrogens with zero attached hydrogens (tertiary/aromatic N) is 4. The van der Waals surface area contributed by atoms with Crippen LogP contribution in [0.25, 0.3) is 15.7 Å². The average molecular weight is 511 g/mol. The maximum absolute atomic E-state index is 15.6. The fraction of sp³-hybridized carbons (Fsp3) is 0.310. The summed E-state index contributed by atoms with van der Waals surface area (Å²) >= 11 is 0. The van der Waals surface area contributed by atoms with Gasteiger partial charge in [0.2, 0.25) is 6.54 Å². The molecule has 3 aromatic heterocycles. The van der Waals surface area contributed by atoms with Crippen molar-refractivity contribution in [2.24, 2.45) is 5.41 Å². The van der Waals surface area contributed by atoms with E-state index >= 15 is 4.39 Å². The van der Waals surface area contributed by atoms with Gasteiger partial charge in [0.25, 0.3) is 5.91 Å². The van der Waals surface area contributed by atoms with Crippen LogP contribution < -0.4 is 5.32 Å². The summed E-state index contributed by atoms with van der Waals surface area (Å²) in [5.41, 5.74) is 2.85. The Balaban J connectivity index is 1.37. The van der Waals surface area contributed by atoms with E-state index in [0.717, 1.165) is 12.8 Å². The summed E-state index contributed by atoms with van der Waals surface area (Å²) in [7, 11) is 0. The van der Waals surface area contributed by atoms with Crippen LogP contribution in [0, 0.1) is 36.6 Å². The van der Waals surface area contributed by atoms with Crippen LogP contribution >= 0.6 is 0 Å². The number of imidazole rings is 1. The maximum atomic E-state index is 15.6. The van der Waals surface area contributed by atoms with Gasteiger partial charge in [-0.25, -0.2) is 25.3 Å². The summed E-state index contributed by atoms with van der Waals surface area (Å²) in [6, 6.07) is 9.34. The van der Waals surface area contributed by atoms with Gasteiger partial charge in [0.1, 0.15) is 23.3 Å². The molecule has 0 bridgehead atoms. The second kappa shape index (κ2) is 9.11. The van der Waals surface area contributed by atoms with Crippen molar-refractivity contribution in [2.45, 2.75) is 44.9 Å². The Morgan fingerprint density at radius 3 is 2.95 bits per heavy atom. The van der Waals surface area contributed by atoms with Gasteiger partial charge in [0.05, 0.1) is 24.3 Å². The van der Waals surface area contributed by atoms with Crippen molar-refractivity contribution in [3.8, 4) is 11.8 Å². The first-order chi connectivity index (χ1) is 18.4. The third kappa shape index (κ3) is 4.31. The number of aromatic nitrogens is 4. The van der Waals surface area contributed by atoms with Crippen LogP contribution in [0.15, 0.2) is 42.7 Å². The number of H-pyrrole nitrogens is 1. The van der Waals surface area contributed by atoms with Crippen LogP contribution in [-0.4, -0.2) is 38.1 Å². The molecule has 4 aromatic rings. The lowest BCUT2D eigenvalue weighted by atomic mass is 10.0. The van der Waals surface area contributed by atoms with Crippen molar-refractivity contribution >= 4 is 16.8 Å². The highest BCUT2D eigenvalue weighted by molar-refractivity contribution is 5.93. The molecule has 2 N–H and O–H groups in total. The van der Waals surface area contributed by atoms with Crippen LogP contribution in [0.4, 0.5) is 8.78 Å². The predicted octanol–water partition coefficient (Wildman–Crippen LogP) is 4.67. The molecule has 1 fully saturated rings. The van der Waals surface area contributed by atoms with Gasteiger partial charge in [-0.1, -0.05) is 24.0 Å². The van der Waals surface area contributed by atoms with Crippen LogP contribution in [0.5, 0.6) is 0 Å². The SMILES string of the molecule is [C-]#[N+]CC1(C#Cc2cc(C)nc(C(=O)NC(c3ncn4c3C[C@@H](F)C4)c3[nH]c4ccccc4c3F)c2)CC1. The number of amides is 1. The number of hydrogen-bond acceptors (Lipinski definition) is 3. The Kier molecular flexibility index (Phi) is 5.72. The molecule has 190 valence electrons. The van der Waals surface area contributed by atoms with Crippen molar-refractivity contribution in [1.29, 1.82) is 0 Å². The Bertz CT molecular complexity index is 1680. The fourth-order valence-corrected chi connectivity index (χ4v) is 5.03. The monoisotopic (exact) mass is 510 g/mol. The second-order valence-corrected chi connectivity index (χ2v) is 10.1. The molecule has 0 spiro atoms. The first kappa shape index (κ1) is 23.9. The fourth-order valence-electron chi connectivity index (χ4n) is 5.03. The largest absolute Gasteiger partial charge is 0.354 e. The molecular formula is C29H24F2N6O. The zero-order chi connectivity index (χ0) is 26.4. The number of nitrogens with one attached hydrogen (secondary N) is 2. The minimum absolute atomic E-state index is 0.130. The number of para-hydroxylation sites is 1. The van der Waals surface area contributed by atoms with E-state index in [2.05, 4.69) is 37.0 Å². The number of alkyl halides is 1. The summed E-state index contributed by atoms with van der Waals surface area (Å²) in [4.78, 5) is 28.9. The molecule has 1 aliphatic heterocycles. The van der Waals surface area contributed by atoms with Crippen LogP contribution in [0.1, 0.15) is 57.7 Å². The molecule has 1 unspecified atom stereocenters. The Morgan fingerprint density at radius 1 is 1.37 bits per heavy atom. The van der Waals surface area contributed by atoms with Crippen molar-refractivity contribution < 1.29 is 13.6 Å². The van der Waals surface area contributed by atoms with E-state index in [4.69, 9.17) is 6.57 Å². The highest BCUT2D eigenvalue weighted by Gasteiger charge is 2.44. The van der Waals surface area contributed by atoms with E-state index in [0.29, 0.717) is 40.1 Å². The molecule has 0 radical (unpaired) electrons. The molecule has 2 aliphatic rings. The van der Waals surface area contributed by atoms with Gasteiger partial charge < -0.3 is 19.7 Å². The Hall–Kier alpha value is -4.50. The average Bonchev–Trinajstić information content (AvgIpc) is 3.22. The number of carbonyl (C=O) groups is 1. The number of fused-ring (bicyclic) bond motifs is 2. The number of benzene rings is 1. The minimum atomic E-state index is -1.06. The molecule has 1 amide bonds. The number of aromatic amines is 1. The first-order valence-electron chi connectivity index (χ1n) is 12.5. The molecule has 2 atom stereocenters. The molecule has 6 rings (SSSR count). The number of halogens is 2. The highest BCUT2D eigenvalue weighted by Crippen LogP contribution is 2.45. The number of hydrogen-bond donors (Lipinski definition) is 2. The van der Waals surface area contributed by atoms with Crippen LogP contribution in [0.2, 0.25) is 0 Å². The highest BCUT2D eigenvalue weighted by atomic mass is 19.1. The quantitative estimate of drug-likeness (QED) is 0.303. The molecule has 1 saturated carbocycles. The zero-order valence-electron chi connectivity index (χ0n) is 20.7. The summed E-state index contributed by atoms with van der Waals surface area (Å²) in [5, 5.41) is 3.29. The topological polar surface area (TPSA) is 80.0 Å². The molecule has 1 aliphatic carbocycles. The predicted molar refractivity (Wildman–Crippen MR) is 137 cm³/mol. The summed E-state index contributed by atoms with van der Waals surface area (Å²) in [5.74, 6) is 5.28. The number of pyridine rings is 1. The van der Waals surface area contributed by atoms with Gasteiger partial charge in [-0.15, -0.1) is 0 Å². The number of carbonyl (C=O) groups excluding carboxylic acids is 1. The third-order valence-corrected chi connectivity index (χ3v) is 7.19. The molecule has 9 heteroatoms. The molecule has 4 heterocycles. The molecular weight excluding hydrogens is 486 g/mol. The van der Waals surface area contributed by atoms with Crippen LogP contribution in [-0.2, 0) is 13.0 Å². The van der Waals surface area contributed by atoms with E-state index in [1.807, 2.05) is 0 Å². The van der Waals surface area contributed by atoms with Crippen molar-refractivity contribution in [3.63, 3.8) is 0 Å². The van der Waals surface area contributed by atoms with Gasteiger partial charge in [-0.2, -0.15) is 0 Å². The molecule has 0 saturated heterocycles. The van der Waals surface area contributed by atoms with Gasteiger partial charge in [0.15, 0.2) is 5.82 Å². The standard InChI is InChI=1S/C29H24F2N6O/c1-17-11-18(7-8-29(9-10-29)15-32-2)12-22(34-17)28(38)36-27(25-23-13-19(30)14-37(23)16-33-25)26-24(31)20-5-3-4-6-21(20)35-26/h3-6,11-12,16,19,27,35H,9-10,13-15H2,1H3,(H,36,38)/t19-,27?/m1/s1. The smallest absolute Gasteiger partial charge is 0.270 e. The van der Waals surface area contributed by atoms with Crippen molar-refractivity contribution in [3.05, 3.63) is 94.0 Å². The Labute approximate surface area is 218 Å². The van der Waals surface area contributed by atoms with Gasteiger partial charge in [-0.05, 0) is 44.0 Å². The lowest BCUT2D eigenvalue weighted by Gasteiger charge is -2.18. The molecule has 38 heavy (non-hydrogen) atoms. The van der Waals surface area contributed by atoms with Crippen LogP contribution in [0.3, 0.4) is 0 Å². The zero-order valence-corrected chi connectivity index (χ0v) is 20.7. The van der Waals surface area contributed by atoms with Crippen molar-refractivity contribution in [2.75, 3.05) is 6.54 Å². The third-order valence-electron chi connectivity index (χ3n) is 7.19. The lowest BCUT2D eigenvalue weighted by Crippen LogP contribution is -2.32. The van der Waals surface area contributed by atoms with E-state index in [1.54, 1.807) is 47.9 Å². The van der Waals surface area contributed by atoms with Crippen molar-refractivity contribution in [1.82, 2.24) is 24.8 Å². The van der Waals surface area contributed by atoms with Gasteiger partial charge in [0, 0.05) is 34.3 Å². The second-order valence-electron chi connectivity index (χ2n) is 10.1. The number of aryl methyl sites for hydroxylation is 1. The summed E-state index contributed by atoms with van der Waals surface area (Å²) in [6.45, 7) is 9.46. The van der Waals surface area contributed by atoms with E-state index in [9.17, 15) is 9.18 Å². The maximum Gasteiger partial charge on any atom is 0.270 e. The van der Waals surface area contributed by atoms with E-state index < -0.39 is 23.9 Å². The Morgan fingerprint density at radius 2 is 2.18 bits per heavy atom. The van der Waals surface area contributed by atoms with E-state index in [-0.39, 0.29) is 29.8 Å². The van der Waals surface area contributed by atoms with E-state index in [1.165, 1.54) is 6.33 Å². The summed E-state index contributed by atoms with van der Waals surface area (Å²) in [6.07, 6.45) is 2.39. The summed E-state index contributed by atoms with van der Waals surface area (Å²) < 4.78 is 31.5. The molecule has 7 nitrogen and oxygen atoms in total. The van der Waals surface area contributed by atoms with Gasteiger partial charge >= 0.3 is 0 Å². The van der Waals surface area contributed by atoms with Gasteiger partial charge in [-0.3, -0.25) is 4.79 Å². The minimum Gasteiger partial charge on any atom is -0.354 e. The first-order valence-corrected chi connectivity index (χ1v) is 12.5. The lowest BCUT2D eigenvalue weighted by molar-refractivity contribution is 0.0936.